The number of piperidine rings is 1. The average Bonchev–Trinajstić information content (AvgIpc) is 3.45. The first-order valence-corrected chi connectivity index (χ1v) is 11.2. The van der Waals surface area contributed by atoms with Gasteiger partial charge in [0.1, 0.15) is 5.01 Å². The molecule has 0 N–H and O–H groups in total. The molecule has 1 aromatic carbocycles. The molecule has 3 aliphatic rings. The molecule has 0 unspecified atom stereocenters. The van der Waals surface area contributed by atoms with Crippen LogP contribution in [0.5, 0.6) is 0 Å². The maximum Gasteiger partial charge on any atom is 0.335 e. The summed E-state index contributed by atoms with van der Waals surface area (Å²) in [6.45, 7) is 0.947. The average molecular weight is 413 g/mol. The summed E-state index contributed by atoms with van der Waals surface area (Å²) in [5, 5.41) is 1.02. The lowest BCUT2D eigenvalue weighted by molar-refractivity contribution is -0.144. The monoisotopic (exact) mass is 412 g/mol. The molecule has 8 heteroatoms. The SMILES string of the molecule is O=C1C(=O)N(C2CCCC2)C(=O)N1CN1CCCC[C@H]1c1nc2ccccc2s1. The number of hydrogen-bond donors (Lipinski definition) is 0. The number of hydrogen-bond acceptors (Lipinski definition) is 6. The lowest BCUT2D eigenvalue weighted by atomic mass is 10.0. The molecular formula is C21H24N4O3S. The molecule has 2 aliphatic heterocycles. The number of thiazole rings is 1. The molecule has 29 heavy (non-hydrogen) atoms. The number of para-hydroxylation sites is 1. The van der Waals surface area contributed by atoms with Gasteiger partial charge in [0, 0.05) is 12.6 Å². The molecule has 1 atom stereocenters. The molecule has 1 aliphatic carbocycles. The van der Waals surface area contributed by atoms with Crippen molar-refractivity contribution in [1.82, 2.24) is 19.7 Å². The number of likely N-dealkylation sites (tertiary alicyclic amines) is 1. The highest BCUT2D eigenvalue weighted by Crippen LogP contribution is 2.36. The topological polar surface area (TPSA) is 73.8 Å². The quantitative estimate of drug-likeness (QED) is 0.567. The Bertz CT molecular complexity index is 935. The van der Waals surface area contributed by atoms with Crippen LogP contribution in [-0.2, 0) is 9.59 Å². The second-order valence-electron chi connectivity index (χ2n) is 8.11. The summed E-state index contributed by atoms with van der Waals surface area (Å²) < 4.78 is 1.14. The highest BCUT2D eigenvalue weighted by Gasteiger charge is 2.49. The van der Waals surface area contributed by atoms with E-state index >= 15 is 0 Å². The van der Waals surface area contributed by atoms with Crippen LogP contribution in [0.2, 0.25) is 0 Å². The number of nitrogens with zero attached hydrogens (tertiary/aromatic N) is 4. The Morgan fingerprint density at radius 2 is 1.72 bits per heavy atom. The Kier molecular flexibility index (Phi) is 4.83. The second-order valence-corrected chi connectivity index (χ2v) is 9.18. The van der Waals surface area contributed by atoms with Crippen LogP contribution >= 0.6 is 11.3 Å². The van der Waals surface area contributed by atoms with Gasteiger partial charge in [-0.3, -0.25) is 19.4 Å². The number of fused-ring (bicyclic) bond motifs is 1. The highest BCUT2D eigenvalue weighted by molar-refractivity contribution is 7.18. The summed E-state index contributed by atoms with van der Waals surface area (Å²) in [6, 6.07) is 7.57. The van der Waals surface area contributed by atoms with Gasteiger partial charge in [-0.1, -0.05) is 31.4 Å². The molecule has 0 radical (unpaired) electrons. The van der Waals surface area contributed by atoms with Crippen LogP contribution in [0, 0.1) is 0 Å². The summed E-state index contributed by atoms with van der Waals surface area (Å²) in [6.07, 6.45) is 6.65. The molecule has 2 aromatic rings. The predicted octanol–water partition coefficient (Wildman–Crippen LogP) is 3.51. The third kappa shape index (κ3) is 3.24. The van der Waals surface area contributed by atoms with E-state index in [0.717, 1.165) is 71.6 Å². The fourth-order valence-electron chi connectivity index (χ4n) is 4.79. The Balaban J connectivity index is 1.38. The van der Waals surface area contributed by atoms with Gasteiger partial charge in [-0.2, -0.15) is 0 Å². The van der Waals surface area contributed by atoms with Crippen molar-refractivity contribution in [3.8, 4) is 0 Å². The van der Waals surface area contributed by atoms with Crippen molar-refractivity contribution in [3.05, 3.63) is 29.3 Å². The zero-order valence-electron chi connectivity index (χ0n) is 16.2. The van der Waals surface area contributed by atoms with Crippen LogP contribution in [-0.4, -0.2) is 56.8 Å². The fourth-order valence-corrected chi connectivity index (χ4v) is 5.92. The minimum absolute atomic E-state index is 0.0670. The third-order valence-electron chi connectivity index (χ3n) is 6.31. The minimum Gasteiger partial charge on any atom is -0.276 e. The fraction of sp³-hybridized carbons (Fsp3) is 0.524. The summed E-state index contributed by atoms with van der Waals surface area (Å²) in [4.78, 5) is 47.4. The number of carbonyl (C=O) groups excluding carboxylic acids is 3. The third-order valence-corrected chi connectivity index (χ3v) is 7.44. The van der Waals surface area contributed by atoms with E-state index in [1.165, 1.54) is 4.90 Å². The van der Waals surface area contributed by atoms with Gasteiger partial charge in [0.15, 0.2) is 0 Å². The summed E-state index contributed by atoms with van der Waals surface area (Å²) in [5.41, 5.74) is 0.980. The van der Waals surface area contributed by atoms with Crippen molar-refractivity contribution < 1.29 is 14.4 Å². The van der Waals surface area contributed by atoms with Crippen LogP contribution in [0.4, 0.5) is 4.79 Å². The van der Waals surface area contributed by atoms with E-state index in [4.69, 9.17) is 4.98 Å². The van der Waals surface area contributed by atoms with E-state index in [9.17, 15) is 14.4 Å². The standard InChI is InChI=1S/C21H24N4O3S/c26-19-20(27)25(14-7-1-2-8-14)21(28)24(19)13-23-12-6-5-10-16(23)18-22-15-9-3-4-11-17(15)29-18/h3-4,9,11,14,16H,1-2,5-8,10,12-13H2/t16-/m0/s1. The summed E-state index contributed by atoms with van der Waals surface area (Å²) >= 11 is 1.67. The van der Waals surface area contributed by atoms with Gasteiger partial charge in [0.25, 0.3) is 0 Å². The van der Waals surface area contributed by atoms with Gasteiger partial charge in [0.05, 0.1) is 22.9 Å². The van der Waals surface area contributed by atoms with Crippen molar-refractivity contribution in [3.63, 3.8) is 0 Å². The number of rotatable bonds is 4. The van der Waals surface area contributed by atoms with E-state index in [1.807, 2.05) is 18.2 Å². The number of aromatic nitrogens is 1. The molecule has 7 nitrogen and oxygen atoms in total. The first-order chi connectivity index (χ1) is 14.1. The van der Waals surface area contributed by atoms with Gasteiger partial charge in [-0.05, 0) is 37.8 Å². The van der Waals surface area contributed by atoms with Crippen molar-refractivity contribution in [2.24, 2.45) is 0 Å². The van der Waals surface area contributed by atoms with Gasteiger partial charge < -0.3 is 0 Å². The van der Waals surface area contributed by atoms with Gasteiger partial charge in [-0.25, -0.2) is 14.7 Å². The molecule has 0 spiro atoms. The first kappa shape index (κ1) is 18.7. The molecule has 3 heterocycles. The van der Waals surface area contributed by atoms with Gasteiger partial charge >= 0.3 is 17.8 Å². The zero-order chi connectivity index (χ0) is 20.0. The van der Waals surface area contributed by atoms with Crippen LogP contribution in [0.3, 0.4) is 0 Å². The second kappa shape index (κ2) is 7.50. The Labute approximate surface area is 173 Å². The van der Waals surface area contributed by atoms with Crippen molar-refractivity contribution in [2.45, 2.75) is 57.0 Å². The van der Waals surface area contributed by atoms with E-state index in [2.05, 4.69) is 11.0 Å². The molecule has 0 bridgehead atoms. The number of carbonyl (C=O) groups is 3. The molecule has 1 saturated carbocycles. The molecule has 3 fully saturated rings. The molecule has 5 rings (SSSR count). The largest absolute Gasteiger partial charge is 0.335 e. The van der Waals surface area contributed by atoms with Gasteiger partial charge in [0.2, 0.25) is 0 Å². The van der Waals surface area contributed by atoms with Crippen LogP contribution in [0.25, 0.3) is 10.2 Å². The molecule has 152 valence electrons. The summed E-state index contributed by atoms with van der Waals surface area (Å²) in [5.74, 6) is -1.34. The summed E-state index contributed by atoms with van der Waals surface area (Å²) in [7, 11) is 0. The molecule has 2 saturated heterocycles. The van der Waals surface area contributed by atoms with Crippen LogP contribution in [0.15, 0.2) is 24.3 Å². The van der Waals surface area contributed by atoms with Crippen molar-refractivity contribution in [2.75, 3.05) is 13.2 Å². The normalized spacial score (nSPS) is 24.4. The minimum atomic E-state index is -0.685. The van der Waals surface area contributed by atoms with Crippen LogP contribution in [0.1, 0.15) is 56.0 Å². The van der Waals surface area contributed by atoms with Crippen LogP contribution < -0.4 is 0 Å². The van der Waals surface area contributed by atoms with E-state index in [1.54, 1.807) is 11.3 Å². The number of benzene rings is 1. The zero-order valence-corrected chi connectivity index (χ0v) is 17.1. The Morgan fingerprint density at radius 1 is 0.966 bits per heavy atom. The van der Waals surface area contributed by atoms with E-state index in [0.29, 0.717) is 0 Å². The lowest BCUT2D eigenvalue weighted by Crippen LogP contribution is -2.46. The first-order valence-electron chi connectivity index (χ1n) is 10.4. The maximum atomic E-state index is 12.9. The number of imide groups is 2. The highest BCUT2D eigenvalue weighted by atomic mass is 32.1. The van der Waals surface area contributed by atoms with Gasteiger partial charge in [-0.15, -0.1) is 11.3 Å². The molecule has 4 amide bonds. The molecular weight excluding hydrogens is 388 g/mol. The number of urea groups is 1. The lowest BCUT2D eigenvalue weighted by Gasteiger charge is -2.36. The van der Waals surface area contributed by atoms with E-state index in [-0.39, 0.29) is 18.8 Å². The van der Waals surface area contributed by atoms with Crippen molar-refractivity contribution >= 4 is 39.4 Å². The maximum absolute atomic E-state index is 12.9. The molecule has 1 aromatic heterocycles. The smallest absolute Gasteiger partial charge is 0.276 e. The van der Waals surface area contributed by atoms with Crippen molar-refractivity contribution in [1.29, 1.82) is 0 Å². The number of amides is 4. The Hall–Kier alpha value is -2.32. The Morgan fingerprint density at radius 3 is 2.52 bits per heavy atom. The predicted molar refractivity (Wildman–Crippen MR) is 109 cm³/mol. The van der Waals surface area contributed by atoms with E-state index < -0.39 is 17.8 Å².